The van der Waals surface area contributed by atoms with Gasteiger partial charge in [-0.05, 0) is 29.8 Å². The summed E-state index contributed by atoms with van der Waals surface area (Å²) in [6.45, 7) is 0. The Hall–Kier alpha value is -2.60. The van der Waals surface area contributed by atoms with Crippen molar-refractivity contribution in [2.45, 2.75) is 4.90 Å². The van der Waals surface area contributed by atoms with Gasteiger partial charge in [0.05, 0.1) is 9.83 Å². The molecule has 0 atom stereocenters. The van der Waals surface area contributed by atoms with Crippen molar-refractivity contribution in [3.8, 4) is 0 Å². The van der Waals surface area contributed by atoms with Gasteiger partial charge in [0, 0.05) is 23.6 Å². The number of ketones is 1. The van der Waals surface area contributed by atoms with Crippen LogP contribution in [-0.4, -0.2) is 17.8 Å². The molecule has 0 unspecified atom stereocenters. The second-order valence-electron chi connectivity index (χ2n) is 4.72. The highest BCUT2D eigenvalue weighted by Crippen LogP contribution is 2.41. The molecule has 5 nitrogen and oxygen atoms in total. The maximum atomic E-state index is 12.3. The molecule has 1 N–H and O–H groups in total. The molecule has 0 amide bonds. The Morgan fingerprint density at radius 1 is 1.23 bits per heavy atom. The Balaban J connectivity index is 1.99. The quantitative estimate of drug-likeness (QED) is 0.527. The predicted octanol–water partition coefficient (Wildman–Crippen LogP) is 3.97. The Morgan fingerprint density at radius 2 is 2.00 bits per heavy atom. The van der Waals surface area contributed by atoms with Crippen molar-refractivity contribution in [1.82, 2.24) is 0 Å². The first-order valence-electron chi connectivity index (χ1n) is 6.59. The Kier molecular flexibility index (Phi) is 3.68. The standard InChI is InChI=1S/C16H12N2O3S/c1-17-12-7-6-10(8-13(12)18(20)21)9-15-16(19)11-4-2-3-5-14(11)22-15/h2-9,17H,1H3. The fraction of sp³-hybridized carbons (Fsp3) is 0.0625. The predicted molar refractivity (Wildman–Crippen MR) is 87.2 cm³/mol. The van der Waals surface area contributed by atoms with Crippen LogP contribution < -0.4 is 5.32 Å². The van der Waals surface area contributed by atoms with E-state index in [-0.39, 0.29) is 11.5 Å². The fourth-order valence-corrected chi connectivity index (χ4v) is 3.34. The average Bonchev–Trinajstić information content (AvgIpc) is 2.84. The van der Waals surface area contributed by atoms with Crippen LogP contribution in [0.25, 0.3) is 6.08 Å². The normalized spacial score (nSPS) is 15.0. The van der Waals surface area contributed by atoms with Crippen LogP contribution in [0.3, 0.4) is 0 Å². The summed E-state index contributed by atoms with van der Waals surface area (Å²) in [5.74, 6) is -0.0408. The lowest BCUT2D eigenvalue weighted by Gasteiger charge is -2.03. The van der Waals surface area contributed by atoms with Gasteiger partial charge in [0.15, 0.2) is 0 Å². The van der Waals surface area contributed by atoms with Crippen LogP contribution in [0.2, 0.25) is 0 Å². The molecule has 110 valence electrons. The third-order valence-corrected chi connectivity index (χ3v) is 4.46. The topological polar surface area (TPSA) is 72.2 Å². The molecule has 0 bridgehead atoms. The molecule has 0 saturated carbocycles. The van der Waals surface area contributed by atoms with E-state index in [1.165, 1.54) is 17.8 Å². The number of fused-ring (bicyclic) bond motifs is 1. The first-order valence-corrected chi connectivity index (χ1v) is 7.41. The van der Waals surface area contributed by atoms with Crippen LogP contribution in [0.15, 0.2) is 52.3 Å². The number of carbonyl (C=O) groups is 1. The van der Waals surface area contributed by atoms with E-state index in [0.29, 0.717) is 21.7 Å². The van der Waals surface area contributed by atoms with Gasteiger partial charge in [0.25, 0.3) is 5.69 Å². The number of hydrogen-bond acceptors (Lipinski definition) is 5. The van der Waals surface area contributed by atoms with E-state index in [1.54, 1.807) is 31.3 Å². The van der Waals surface area contributed by atoms with Gasteiger partial charge in [-0.3, -0.25) is 14.9 Å². The van der Waals surface area contributed by atoms with E-state index in [2.05, 4.69) is 5.32 Å². The molecule has 2 aromatic carbocycles. The van der Waals surface area contributed by atoms with Gasteiger partial charge in [-0.2, -0.15) is 0 Å². The van der Waals surface area contributed by atoms with Gasteiger partial charge >= 0.3 is 0 Å². The van der Waals surface area contributed by atoms with Crippen LogP contribution in [0, 0.1) is 10.1 Å². The summed E-state index contributed by atoms with van der Waals surface area (Å²) in [6.07, 6.45) is 1.69. The van der Waals surface area contributed by atoms with Crippen molar-refractivity contribution in [2.75, 3.05) is 12.4 Å². The molecule has 6 heteroatoms. The van der Waals surface area contributed by atoms with Crippen LogP contribution in [0.1, 0.15) is 15.9 Å². The molecular formula is C16H12N2O3S. The fourth-order valence-electron chi connectivity index (χ4n) is 2.29. The molecule has 1 aliphatic rings. The minimum Gasteiger partial charge on any atom is -0.383 e. The highest BCUT2D eigenvalue weighted by atomic mass is 32.2. The molecule has 0 fully saturated rings. The number of carbonyl (C=O) groups excluding carboxylic acids is 1. The van der Waals surface area contributed by atoms with Crippen molar-refractivity contribution in [1.29, 1.82) is 0 Å². The Bertz CT molecular complexity index is 815. The summed E-state index contributed by atoms with van der Waals surface area (Å²) < 4.78 is 0. The number of rotatable bonds is 3. The van der Waals surface area contributed by atoms with E-state index >= 15 is 0 Å². The zero-order valence-corrected chi connectivity index (χ0v) is 12.5. The number of anilines is 1. The monoisotopic (exact) mass is 312 g/mol. The van der Waals surface area contributed by atoms with Gasteiger partial charge in [0.1, 0.15) is 5.69 Å². The largest absolute Gasteiger partial charge is 0.383 e. The molecule has 0 saturated heterocycles. The first kappa shape index (κ1) is 14.3. The lowest BCUT2D eigenvalue weighted by Crippen LogP contribution is -1.97. The number of nitro benzene ring substituents is 1. The zero-order chi connectivity index (χ0) is 15.7. The molecule has 0 aliphatic carbocycles. The molecule has 3 rings (SSSR count). The molecule has 0 spiro atoms. The van der Waals surface area contributed by atoms with E-state index < -0.39 is 4.92 Å². The number of nitrogens with one attached hydrogen (secondary N) is 1. The van der Waals surface area contributed by atoms with Gasteiger partial charge in [-0.1, -0.05) is 30.0 Å². The summed E-state index contributed by atoms with van der Waals surface area (Å²) in [4.78, 5) is 24.4. The van der Waals surface area contributed by atoms with Gasteiger partial charge in [-0.25, -0.2) is 0 Å². The van der Waals surface area contributed by atoms with Crippen LogP contribution >= 0.6 is 11.8 Å². The summed E-state index contributed by atoms with van der Waals surface area (Å²) in [5.41, 5.74) is 1.75. The summed E-state index contributed by atoms with van der Waals surface area (Å²) in [5, 5.41) is 13.9. The van der Waals surface area contributed by atoms with E-state index in [0.717, 1.165) is 4.90 Å². The number of nitrogens with zero attached hydrogens (tertiary/aromatic N) is 1. The number of Topliss-reactive ketones (excluding diaryl/α,β-unsaturated/α-hetero) is 1. The number of thioether (sulfide) groups is 1. The van der Waals surface area contributed by atoms with E-state index in [9.17, 15) is 14.9 Å². The zero-order valence-electron chi connectivity index (χ0n) is 11.7. The smallest absolute Gasteiger partial charge is 0.292 e. The average molecular weight is 312 g/mol. The lowest BCUT2D eigenvalue weighted by molar-refractivity contribution is -0.383. The molecule has 2 aromatic rings. The van der Waals surface area contributed by atoms with Gasteiger partial charge in [0.2, 0.25) is 5.78 Å². The molecular weight excluding hydrogens is 300 g/mol. The van der Waals surface area contributed by atoms with Crippen molar-refractivity contribution in [3.05, 3.63) is 68.6 Å². The van der Waals surface area contributed by atoms with Gasteiger partial charge < -0.3 is 5.32 Å². The lowest BCUT2D eigenvalue weighted by atomic mass is 10.1. The Labute approximate surface area is 131 Å². The van der Waals surface area contributed by atoms with Crippen LogP contribution in [0.4, 0.5) is 11.4 Å². The number of hydrogen-bond donors (Lipinski definition) is 1. The molecule has 0 radical (unpaired) electrons. The van der Waals surface area contributed by atoms with Crippen molar-refractivity contribution in [2.24, 2.45) is 0 Å². The van der Waals surface area contributed by atoms with E-state index in [4.69, 9.17) is 0 Å². The highest BCUT2D eigenvalue weighted by molar-refractivity contribution is 8.04. The second kappa shape index (κ2) is 5.65. The Morgan fingerprint density at radius 3 is 2.68 bits per heavy atom. The summed E-state index contributed by atoms with van der Waals surface area (Å²) >= 11 is 1.39. The minimum atomic E-state index is -0.438. The number of allylic oxidation sites excluding steroid dienone is 1. The maximum absolute atomic E-state index is 12.3. The number of benzene rings is 2. The molecule has 22 heavy (non-hydrogen) atoms. The minimum absolute atomic E-state index is 0.00944. The summed E-state index contributed by atoms with van der Waals surface area (Å²) in [6, 6.07) is 12.3. The van der Waals surface area contributed by atoms with Crippen LogP contribution in [-0.2, 0) is 0 Å². The highest BCUT2D eigenvalue weighted by Gasteiger charge is 2.25. The SMILES string of the molecule is CNc1ccc(C=C2Sc3ccccc3C2=O)cc1[N+](=O)[O-]. The third-order valence-electron chi connectivity index (χ3n) is 3.36. The van der Waals surface area contributed by atoms with E-state index in [1.807, 2.05) is 18.2 Å². The second-order valence-corrected chi connectivity index (χ2v) is 5.80. The molecule has 1 heterocycles. The first-order chi connectivity index (χ1) is 10.6. The molecule has 1 aliphatic heterocycles. The van der Waals surface area contributed by atoms with Crippen molar-refractivity contribution >= 4 is 35.0 Å². The number of nitro groups is 1. The van der Waals surface area contributed by atoms with Crippen molar-refractivity contribution < 1.29 is 9.72 Å². The molecule has 0 aromatic heterocycles. The third kappa shape index (κ3) is 2.48. The van der Waals surface area contributed by atoms with Crippen molar-refractivity contribution in [3.63, 3.8) is 0 Å². The summed E-state index contributed by atoms with van der Waals surface area (Å²) in [7, 11) is 1.63. The van der Waals surface area contributed by atoms with Crippen LogP contribution in [0.5, 0.6) is 0 Å². The van der Waals surface area contributed by atoms with Gasteiger partial charge in [-0.15, -0.1) is 0 Å². The maximum Gasteiger partial charge on any atom is 0.292 e.